The maximum atomic E-state index is 13.0. The first-order valence-electron chi connectivity index (χ1n) is 9.38. The van der Waals surface area contributed by atoms with Crippen LogP contribution in [-0.2, 0) is 4.79 Å². The predicted octanol–water partition coefficient (Wildman–Crippen LogP) is 4.76. The first-order chi connectivity index (χ1) is 15.4. The third kappa shape index (κ3) is 5.73. The van der Waals surface area contributed by atoms with E-state index in [1.54, 1.807) is 54.6 Å². The molecule has 0 fully saturated rings. The van der Waals surface area contributed by atoms with Crippen LogP contribution in [0.1, 0.15) is 11.6 Å². The van der Waals surface area contributed by atoms with Gasteiger partial charge in [0.15, 0.2) is 0 Å². The number of hydrogen-bond acceptors (Lipinski definition) is 5. The normalized spacial score (nSPS) is 11.2. The number of methoxy groups -OCH3 is 1. The fourth-order valence-corrected chi connectivity index (χ4v) is 3.02. The van der Waals surface area contributed by atoms with Crippen molar-refractivity contribution in [2.45, 2.75) is 6.04 Å². The lowest BCUT2D eigenvalue weighted by atomic mass is 10.1. The Labute approximate surface area is 188 Å². The largest absolute Gasteiger partial charge is 0.495 e. The molecule has 164 valence electrons. The van der Waals surface area contributed by atoms with Gasteiger partial charge in [0.05, 0.1) is 17.7 Å². The van der Waals surface area contributed by atoms with Crippen molar-refractivity contribution in [3.63, 3.8) is 0 Å². The van der Waals surface area contributed by atoms with Crippen molar-refractivity contribution in [3.8, 4) is 5.75 Å². The Bertz CT molecular complexity index is 1120. The zero-order valence-corrected chi connectivity index (χ0v) is 17.6. The van der Waals surface area contributed by atoms with Gasteiger partial charge in [-0.3, -0.25) is 14.9 Å². The van der Waals surface area contributed by atoms with Crippen LogP contribution in [0.15, 0.2) is 72.8 Å². The van der Waals surface area contributed by atoms with E-state index in [0.29, 0.717) is 16.3 Å². The highest BCUT2D eigenvalue weighted by Crippen LogP contribution is 2.29. The van der Waals surface area contributed by atoms with Crippen molar-refractivity contribution in [2.24, 2.45) is 0 Å². The molecule has 0 aliphatic carbocycles. The van der Waals surface area contributed by atoms with E-state index in [-0.39, 0.29) is 17.1 Å². The van der Waals surface area contributed by atoms with Crippen LogP contribution in [0.2, 0.25) is 5.02 Å². The van der Waals surface area contributed by atoms with Crippen LogP contribution < -0.4 is 20.7 Å². The van der Waals surface area contributed by atoms with Gasteiger partial charge in [-0.25, -0.2) is 4.79 Å². The summed E-state index contributed by atoms with van der Waals surface area (Å²) < 4.78 is 5.15. The smallest absolute Gasteiger partial charge is 0.320 e. The number of ether oxygens (including phenoxy) is 1. The second-order valence-electron chi connectivity index (χ2n) is 6.58. The number of nitro benzene ring substituents is 1. The molecular formula is C22H19ClN4O5. The van der Waals surface area contributed by atoms with Gasteiger partial charge in [0, 0.05) is 22.8 Å². The molecule has 0 saturated heterocycles. The summed E-state index contributed by atoms with van der Waals surface area (Å²) in [5, 5.41) is 19.4. The monoisotopic (exact) mass is 454 g/mol. The highest BCUT2D eigenvalue weighted by molar-refractivity contribution is 6.30. The number of urea groups is 1. The maximum Gasteiger partial charge on any atom is 0.320 e. The van der Waals surface area contributed by atoms with Gasteiger partial charge in [-0.05, 0) is 35.9 Å². The Hall–Kier alpha value is -4.11. The number of carbonyl (C=O) groups is 2. The summed E-state index contributed by atoms with van der Waals surface area (Å²) in [4.78, 5) is 36.1. The molecule has 3 N–H and O–H groups in total. The first-order valence-corrected chi connectivity index (χ1v) is 9.76. The Morgan fingerprint density at radius 3 is 2.31 bits per heavy atom. The van der Waals surface area contributed by atoms with Crippen molar-refractivity contribution in [1.29, 1.82) is 0 Å². The van der Waals surface area contributed by atoms with Gasteiger partial charge in [0.2, 0.25) is 0 Å². The standard InChI is InChI=1S/C22H19ClN4O5/c1-32-19-12-11-17(27(30)31)13-18(19)25-22(29)26-20(14-5-3-2-4-6-14)21(28)24-16-9-7-15(23)8-10-16/h2-13,20H,1H3,(H,24,28)(H2,25,26,29)/t20-/m1/s1. The quantitative estimate of drug-likeness (QED) is 0.351. The number of nitrogens with one attached hydrogen (secondary N) is 3. The van der Waals surface area contributed by atoms with E-state index in [1.807, 2.05) is 0 Å². The maximum absolute atomic E-state index is 13.0. The van der Waals surface area contributed by atoms with Crippen molar-refractivity contribution in [3.05, 3.63) is 93.5 Å². The number of amides is 3. The highest BCUT2D eigenvalue weighted by Gasteiger charge is 2.24. The molecule has 0 heterocycles. The Morgan fingerprint density at radius 1 is 1.00 bits per heavy atom. The van der Waals surface area contributed by atoms with Gasteiger partial charge >= 0.3 is 6.03 Å². The predicted molar refractivity (Wildman–Crippen MR) is 121 cm³/mol. The summed E-state index contributed by atoms with van der Waals surface area (Å²) in [7, 11) is 1.37. The van der Waals surface area contributed by atoms with E-state index >= 15 is 0 Å². The van der Waals surface area contributed by atoms with Crippen LogP contribution in [0.25, 0.3) is 0 Å². The number of carbonyl (C=O) groups excluding carboxylic acids is 2. The number of benzene rings is 3. The number of anilines is 2. The molecule has 0 spiro atoms. The lowest BCUT2D eigenvalue weighted by Crippen LogP contribution is -2.39. The van der Waals surface area contributed by atoms with Gasteiger partial charge in [-0.2, -0.15) is 0 Å². The number of rotatable bonds is 7. The molecule has 0 aromatic heterocycles. The second-order valence-corrected chi connectivity index (χ2v) is 7.02. The average molecular weight is 455 g/mol. The minimum absolute atomic E-state index is 0.0871. The molecule has 10 heteroatoms. The van der Waals surface area contributed by atoms with E-state index < -0.39 is 22.9 Å². The number of hydrogen-bond donors (Lipinski definition) is 3. The van der Waals surface area contributed by atoms with Gasteiger partial charge in [-0.1, -0.05) is 41.9 Å². The van der Waals surface area contributed by atoms with Crippen LogP contribution in [-0.4, -0.2) is 24.0 Å². The van der Waals surface area contributed by atoms with E-state index in [2.05, 4.69) is 16.0 Å². The van der Waals surface area contributed by atoms with Crippen molar-refractivity contribution < 1.29 is 19.2 Å². The van der Waals surface area contributed by atoms with Crippen LogP contribution >= 0.6 is 11.6 Å². The first kappa shape index (κ1) is 22.6. The Morgan fingerprint density at radius 2 is 1.69 bits per heavy atom. The average Bonchev–Trinajstić information content (AvgIpc) is 2.79. The fraction of sp³-hybridized carbons (Fsp3) is 0.0909. The number of nitrogens with zero attached hydrogens (tertiary/aromatic N) is 1. The minimum Gasteiger partial charge on any atom is -0.495 e. The minimum atomic E-state index is -1.04. The zero-order chi connectivity index (χ0) is 23.1. The summed E-state index contributed by atoms with van der Waals surface area (Å²) in [6.07, 6.45) is 0. The van der Waals surface area contributed by atoms with Crippen molar-refractivity contribution >= 4 is 40.6 Å². The Kier molecular flexibility index (Phi) is 7.25. The van der Waals surface area contributed by atoms with E-state index in [1.165, 1.54) is 25.3 Å². The number of halogens is 1. The number of non-ortho nitro benzene ring substituents is 1. The molecule has 9 nitrogen and oxygen atoms in total. The lowest BCUT2D eigenvalue weighted by molar-refractivity contribution is -0.384. The number of nitro groups is 1. The topological polar surface area (TPSA) is 123 Å². The summed E-state index contributed by atoms with van der Waals surface area (Å²) in [5.74, 6) is -0.257. The molecule has 0 aliphatic rings. The van der Waals surface area contributed by atoms with Crippen LogP contribution in [0.3, 0.4) is 0 Å². The van der Waals surface area contributed by atoms with Crippen LogP contribution in [0.4, 0.5) is 21.9 Å². The van der Waals surface area contributed by atoms with E-state index in [0.717, 1.165) is 0 Å². The summed E-state index contributed by atoms with van der Waals surface area (Å²) in [6.45, 7) is 0. The van der Waals surface area contributed by atoms with E-state index in [9.17, 15) is 19.7 Å². The van der Waals surface area contributed by atoms with Gasteiger partial charge < -0.3 is 20.7 Å². The fourth-order valence-electron chi connectivity index (χ4n) is 2.89. The van der Waals surface area contributed by atoms with Crippen molar-refractivity contribution in [2.75, 3.05) is 17.7 Å². The van der Waals surface area contributed by atoms with Gasteiger partial charge in [0.25, 0.3) is 11.6 Å². The lowest BCUT2D eigenvalue weighted by Gasteiger charge is -2.20. The third-order valence-electron chi connectivity index (χ3n) is 4.42. The van der Waals surface area contributed by atoms with Crippen molar-refractivity contribution in [1.82, 2.24) is 5.32 Å². The molecule has 0 saturated carbocycles. The Balaban J connectivity index is 1.81. The van der Waals surface area contributed by atoms with E-state index in [4.69, 9.17) is 16.3 Å². The molecule has 3 rings (SSSR count). The third-order valence-corrected chi connectivity index (χ3v) is 4.68. The molecule has 3 amide bonds. The van der Waals surface area contributed by atoms with Crippen LogP contribution in [0.5, 0.6) is 5.75 Å². The molecular weight excluding hydrogens is 436 g/mol. The molecule has 1 atom stereocenters. The zero-order valence-electron chi connectivity index (χ0n) is 16.9. The molecule has 0 bridgehead atoms. The highest BCUT2D eigenvalue weighted by atomic mass is 35.5. The van der Waals surface area contributed by atoms with Crippen LogP contribution in [0, 0.1) is 10.1 Å². The molecule has 32 heavy (non-hydrogen) atoms. The summed E-state index contributed by atoms with van der Waals surface area (Å²) >= 11 is 5.88. The summed E-state index contributed by atoms with van der Waals surface area (Å²) in [5.41, 5.74) is 0.910. The second kappa shape index (κ2) is 10.3. The molecule has 0 aliphatic heterocycles. The molecule has 3 aromatic carbocycles. The van der Waals surface area contributed by atoms with Gasteiger partial charge in [0.1, 0.15) is 11.8 Å². The van der Waals surface area contributed by atoms with Gasteiger partial charge in [-0.15, -0.1) is 0 Å². The SMILES string of the molecule is COc1ccc([N+](=O)[O-])cc1NC(=O)N[C@@H](C(=O)Nc1ccc(Cl)cc1)c1ccccc1. The molecule has 3 aromatic rings. The molecule has 0 radical (unpaired) electrons. The molecule has 0 unspecified atom stereocenters. The summed E-state index contributed by atoms with van der Waals surface area (Å²) in [6, 6.07) is 17.2.